The molecule has 2 heterocycles. The van der Waals surface area contributed by atoms with Crippen LogP contribution in [-0.4, -0.2) is 78.5 Å². The van der Waals surface area contributed by atoms with E-state index in [1.54, 1.807) is 41.4 Å². The second kappa shape index (κ2) is 13.2. The normalized spacial score (nSPS) is 13.9. The van der Waals surface area contributed by atoms with E-state index in [2.05, 4.69) is 9.88 Å². The second-order valence-corrected chi connectivity index (χ2v) is 10.4. The van der Waals surface area contributed by atoms with Crippen molar-refractivity contribution in [2.24, 2.45) is 0 Å². The highest BCUT2D eigenvalue weighted by atomic mass is 32.2. The monoisotopic (exact) mass is 564 g/mol. The summed E-state index contributed by atoms with van der Waals surface area (Å²) in [6.07, 6.45) is -3.33. The number of anilines is 1. The number of amides is 1. The van der Waals surface area contributed by atoms with E-state index in [1.165, 1.54) is 4.31 Å². The summed E-state index contributed by atoms with van der Waals surface area (Å²) in [6.45, 7) is 2.31. The molecule has 9 nitrogen and oxygen atoms in total. The van der Waals surface area contributed by atoms with Crippen LogP contribution in [0, 0.1) is 0 Å². The summed E-state index contributed by atoms with van der Waals surface area (Å²) < 4.78 is 59.7. The van der Waals surface area contributed by atoms with Gasteiger partial charge in [0.1, 0.15) is 5.82 Å². The maximum absolute atomic E-state index is 13.3. The molecule has 0 bridgehead atoms. The number of halogens is 3. The zero-order valence-electron chi connectivity index (χ0n) is 20.7. The van der Waals surface area contributed by atoms with Gasteiger partial charge in [0.05, 0.1) is 11.4 Å². The molecule has 1 saturated heterocycles. The predicted octanol–water partition coefficient (Wildman–Crippen LogP) is 3.25. The average molecular weight is 565 g/mol. The van der Waals surface area contributed by atoms with Crippen molar-refractivity contribution in [2.75, 3.05) is 37.6 Å². The lowest BCUT2D eigenvalue weighted by Crippen LogP contribution is -2.52. The fraction of sp³-hybridized carbons (Fsp3) is 0.269. The van der Waals surface area contributed by atoms with Gasteiger partial charge >= 0.3 is 12.1 Å². The first kappa shape index (κ1) is 29.6. The zero-order valence-corrected chi connectivity index (χ0v) is 21.6. The Kier molecular flexibility index (Phi) is 10.0. The molecule has 0 radical (unpaired) electrons. The van der Waals surface area contributed by atoms with Crippen LogP contribution in [0.5, 0.6) is 0 Å². The van der Waals surface area contributed by atoms with E-state index in [9.17, 15) is 26.4 Å². The maximum Gasteiger partial charge on any atom is 0.490 e. The first-order chi connectivity index (χ1) is 18.5. The van der Waals surface area contributed by atoms with Crippen molar-refractivity contribution in [3.8, 4) is 0 Å². The summed E-state index contributed by atoms with van der Waals surface area (Å²) in [5.41, 5.74) is 0.833. The molecule has 0 saturated carbocycles. The Bertz CT molecular complexity index is 1320. The van der Waals surface area contributed by atoms with Crippen LogP contribution in [0.3, 0.4) is 0 Å². The van der Waals surface area contributed by atoms with Crippen LogP contribution in [0.4, 0.5) is 19.0 Å². The Morgan fingerprint density at radius 3 is 1.92 bits per heavy atom. The van der Waals surface area contributed by atoms with Crippen molar-refractivity contribution in [1.82, 2.24) is 14.2 Å². The summed E-state index contributed by atoms with van der Waals surface area (Å²) >= 11 is 0. The molecule has 1 fully saturated rings. The van der Waals surface area contributed by atoms with Crippen molar-refractivity contribution < 1.29 is 36.3 Å². The fourth-order valence-electron chi connectivity index (χ4n) is 3.73. The molecule has 13 heteroatoms. The number of piperazine rings is 1. The Hall–Kier alpha value is -3.97. The first-order valence-electron chi connectivity index (χ1n) is 11.8. The summed E-state index contributed by atoms with van der Waals surface area (Å²) in [5.74, 6) is -2.06. The lowest BCUT2D eigenvalue weighted by Gasteiger charge is -2.36. The van der Waals surface area contributed by atoms with Crippen LogP contribution in [-0.2, 0) is 26.2 Å². The number of carboxylic acids is 1. The molecular weight excluding hydrogens is 537 g/mol. The molecule has 0 unspecified atom stereocenters. The van der Waals surface area contributed by atoms with E-state index in [0.29, 0.717) is 26.2 Å². The minimum absolute atomic E-state index is 0.137. The molecular formula is C26H27F3N4O5S. The van der Waals surface area contributed by atoms with Crippen molar-refractivity contribution in [1.29, 1.82) is 0 Å². The number of sulfonamides is 1. The van der Waals surface area contributed by atoms with Gasteiger partial charge < -0.3 is 14.9 Å². The van der Waals surface area contributed by atoms with Crippen LogP contribution in [0.25, 0.3) is 0 Å². The van der Waals surface area contributed by atoms with Crippen LogP contribution in [0.15, 0.2) is 90.0 Å². The van der Waals surface area contributed by atoms with E-state index in [-0.39, 0.29) is 23.9 Å². The van der Waals surface area contributed by atoms with Gasteiger partial charge in [-0.2, -0.15) is 17.5 Å². The smallest absolute Gasteiger partial charge is 0.475 e. The number of rotatable bonds is 7. The molecule has 1 amide bonds. The van der Waals surface area contributed by atoms with Crippen molar-refractivity contribution in [3.05, 3.63) is 90.6 Å². The molecule has 1 N–H and O–H groups in total. The van der Waals surface area contributed by atoms with Gasteiger partial charge in [-0.05, 0) is 29.8 Å². The van der Waals surface area contributed by atoms with Crippen molar-refractivity contribution in [2.45, 2.75) is 17.6 Å². The topological polar surface area (TPSA) is 111 Å². The minimum Gasteiger partial charge on any atom is -0.475 e. The molecule has 3 aromatic rings. The Morgan fingerprint density at radius 2 is 1.41 bits per heavy atom. The summed E-state index contributed by atoms with van der Waals surface area (Å²) in [7, 11) is -3.82. The fourth-order valence-corrected chi connectivity index (χ4v) is 5.13. The molecule has 0 spiro atoms. The van der Waals surface area contributed by atoms with Gasteiger partial charge in [0.15, 0.2) is 0 Å². The van der Waals surface area contributed by atoms with Gasteiger partial charge in [-0.1, -0.05) is 54.6 Å². The molecule has 1 aliphatic rings. The summed E-state index contributed by atoms with van der Waals surface area (Å²) in [6, 6.07) is 23.4. The molecule has 1 aromatic heterocycles. The third-order valence-corrected chi connectivity index (χ3v) is 7.55. The second-order valence-electron chi connectivity index (χ2n) is 8.43. The van der Waals surface area contributed by atoms with Crippen molar-refractivity contribution >= 4 is 27.7 Å². The van der Waals surface area contributed by atoms with Crippen LogP contribution in [0.1, 0.15) is 5.56 Å². The van der Waals surface area contributed by atoms with Gasteiger partial charge in [0, 0.05) is 38.9 Å². The number of hydrogen-bond donors (Lipinski definition) is 1. The predicted molar refractivity (Wildman–Crippen MR) is 137 cm³/mol. The molecule has 0 aliphatic carbocycles. The number of aromatic nitrogens is 1. The average Bonchev–Trinajstić information content (AvgIpc) is 2.94. The largest absolute Gasteiger partial charge is 0.490 e. The lowest BCUT2D eigenvalue weighted by molar-refractivity contribution is -0.192. The highest BCUT2D eigenvalue weighted by molar-refractivity contribution is 7.89. The first-order valence-corrected chi connectivity index (χ1v) is 13.3. The molecule has 208 valence electrons. The number of aliphatic carboxylic acids is 1. The third-order valence-electron chi connectivity index (χ3n) is 5.74. The summed E-state index contributed by atoms with van der Waals surface area (Å²) in [5, 5.41) is 7.12. The number of hydrogen-bond acceptors (Lipinski definition) is 6. The molecule has 1 aliphatic heterocycles. The van der Waals surface area contributed by atoms with E-state index in [1.807, 2.05) is 48.5 Å². The van der Waals surface area contributed by atoms with Crippen molar-refractivity contribution in [3.63, 3.8) is 0 Å². The van der Waals surface area contributed by atoms with E-state index in [0.717, 1.165) is 11.4 Å². The zero-order chi connectivity index (χ0) is 28.5. The number of benzene rings is 2. The highest BCUT2D eigenvalue weighted by Crippen LogP contribution is 2.19. The maximum atomic E-state index is 13.3. The third kappa shape index (κ3) is 8.52. The van der Waals surface area contributed by atoms with Gasteiger partial charge in [0.25, 0.3) is 0 Å². The van der Waals surface area contributed by atoms with Gasteiger partial charge in [-0.3, -0.25) is 4.79 Å². The number of nitrogens with zero attached hydrogens (tertiary/aromatic N) is 4. The SMILES string of the molecule is O=C(CN(Cc1ccccc1)S(=O)(=O)c1ccccc1)N1CCN(c2ccccn2)CC1.O=C(O)C(F)(F)F. The van der Waals surface area contributed by atoms with E-state index in [4.69, 9.17) is 9.90 Å². The van der Waals surface area contributed by atoms with Crippen LogP contribution >= 0.6 is 0 Å². The number of carbonyl (C=O) groups is 2. The van der Waals surface area contributed by atoms with Gasteiger partial charge in [0.2, 0.25) is 15.9 Å². The Balaban J connectivity index is 0.000000532. The van der Waals surface area contributed by atoms with E-state index < -0.39 is 22.2 Å². The standard InChI is InChI=1S/C24H26N4O3S.C2HF3O2/c29-24(27-17-15-26(16-18-27)23-13-7-8-14-25-23)20-28(19-21-9-3-1-4-10-21)32(30,31)22-11-5-2-6-12-22;3-2(4,5)1(6)7/h1-14H,15-20H2;(H,6,7). The van der Waals surface area contributed by atoms with Crippen LogP contribution < -0.4 is 4.90 Å². The van der Waals surface area contributed by atoms with Crippen LogP contribution in [0.2, 0.25) is 0 Å². The summed E-state index contributed by atoms with van der Waals surface area (Å²) in [4.78, 5) is 30.4. The number of carboxylic acid groups (broad SMARTS) is 1. The van der Waals surface area contributed by atoms with E-state index >= 15 is 0 Å². The van der Waals surface area contributed by atoms with Gasteiger partial charge in [-0.15, -0.1) is 0 Å². The molecule has 39 heavy (non-hydrogen) atoms. The number of alkyl halides is 3. The van der Waals surface area contributed by atoms with Gasteiger partial charge in [-0.25, -0.2) is 18.2 Å². The Labute approximate surface area is 224 Å². The molecule has 0 atom stereocenters. The number of pyridine rings is 1. The number of carbonyl (C=O) groups excluding carboxylic acids is 1. The quantitative estimate of drug-likeness (QED) is 0.469. The highest BCUT2D eigenvalue weighted by Gasteiger charge is 2.38. The Morgan fingerprint density at radius 1 is 0.872 bits per heavy atom. The molecule has 4 rings (SSSR count). The molecule has 2 aromatic carbocycles. The lowest BCUT2D eigenvalue weighted by atomic mass is 10.2. The minimum atomic E-state index is -5.08.